The van der Waals surface area contributed by atoms with E-state index >= 15 is 0 Å². The van der Waals surface area contributed by atoms with E-state index in [1.54, 1.807) is 0 Å². The maximum absolute atomic E-state index is 12.1. The first-order valence-electron chi connectivity index (χ1n) is 7.21. The Bertz CT molecular complexity index is 319. The number of hydrogen-bond acceptors (Lipinski definition) is 3. The van der Waals surface area contributed by atoms with Gasteiger partial charge in [0.2, 0.25) is 5.91 Å². The van der Waals surface area contributed by atoms with Gasteiger partial charge in [-0.3, -0.25) is 14.9 Å². The molecular weight excluding hydrogens is 244 g/mol. The molecule has 0 aromatic carbocycles. The number of amides is 1. The highest BCUT2D eigenvalue weighted by Gasteiger charge is 2.35. The predicted molar refractivity (Wildman–Crippen MR) is 73.9 cm³/mol. The van der Waals surface area contributed by atoms with Crippen LogP contribution < -0.4 is 5.32 Å². The maximum Gasteiger partial charge on any atom is 0.323 e. The number of carbonyl (C=O) groups is 2. The first-order valence-corrected chi connectivity index (χ1v) is 7.21. The molecule has 0 bridgehead atoms. The first-order chi connectivity index (χ1) is 8.95. The summed E-state index contributed by atoms with van der Waals surface area (Å²) in [6.45, 7) is 7.56. The zero-order valence-electron chi connectivity index (χ0n) is 12.2. The predicted octanol–water partition coefficient (Wildman–Crippen LogP) is 1.48. The van der Waals surface area contributed by atoms with Crippen molar-refractivity contribution in [3.8, 4) is 0 Å². The van der Waals surface area contributed by atoms with Crippen molar-refractivity contribution in [3.05, 3.63) is 0 Å². The Hall–Kier alpha value is -1.10. The van der Waals surface area contributed by atoms with Crippen LogP contribution in [0.2, 0.25) is 0 Å². The normalized spacial score (nSPS) is 17.5. The fourth-order valence-electron chi connectivity index (χ4n) is 2.49. The van der Waals surface area contributed by atoms with Gasteiger partial charge < -0.3 is 10.0 Å². The average Bonchev–Trinajstić information content (AvgIpc) is 2.40. The minimum atomic E-state index is -0.973. The molecule has 0 aliphatic carbocycles. The van der Waals surface area contributed by atoms with Gasteiger partial charge in [0.1, 0.15) is 5.54 Å². The molecule has 0 aromatic heterocycles. The largest absolute Gasteiger partial charge is 0.480 e. The molecule has 1 fully saturated rings. The lowest BCUT2D eigenvalue weighted by atomic mass is 9.93. The van der Waals surface area contributed by atoms with Gasteiger partial charge in [0.05, 0.1) is 6.54 Å². The Morgan fingerprint density at radius 1 is 1.26 bits per heavy atom. The fraction of sp³-hybridized carbons (Fsp3) is 0.857. The number of carbonyl (C=O) groups excluding carboxylic acids is 1. The summed E-state index contributed by atoms with van der Waals surface area (Å²) < 4.78 is 0. The number of nitrogens with zero attached hydrogens (tertiary/aromatic N) is 1. The molecule has 0 unspecified atom stereocenters. The number of carboxylic acid groups (broad SMARTS) is 1. The number of nitrogens with one attached hydrogen (secondary N) is 1. The van der Waals surface area contributed by atoms with Crippen LogP contribution in [0.5, 0.6) is 0 Å². The van der Waals surface area contributed by atoms with Gasteiger partial charge in [-0.1, -0.05) is 20.8 Å². The van der Waals surface area contributed by atoms with Crippen LogP contribution >= 0.6 is 0 Å². The van der Waals surface area contributed by atoms with E-state index in [9.17, 15) is 14.7 Å². The van der Waals surface area contributed by atoms with Gasteiger partial charge in [-0.05, 0) is 31.6 Å². The lowest BCUT2D eigenvalue weighted by Gasteiger charge is -2.33. The summed E-state index contributed by atoms with van der Waals surface area (Å²) in [5.74, 6) is -0.182. The van der Waals surface area contributed by atoms with Crippen LogP contribution in [-0.4, -0.2) is 47.1 Å². The Balaban J connectivity index is 2.50. The molecule has 5 nitrogen and oxygen atoms in total. The Labute approximate surface area is 115 Å². The van der Waals surface area contributed by atoms with Crippen molar-refractivity contribution in [1.82, 2.24) is 10.2 Å². The lowest BCUT2D eigenvalue weighted by molar-refractivity contribution is -0.145. The molecule has 0 radical (unpaired) electrons. The topological polar surface area (TPSA) is 69.6 Å². The molecule has 0 atom stereocenters. The van der Waals surface area contributed by atoms with E-state index < -0.39 is 11.5 Å². The molecule has 1 aliphatic heterocycles. The summed E-state index contributed by atoms with van der Waals surface area (Å²) >= 11 is 0. The highest BCUT2D eigenvalue weighted by molar-refractivity contribution is 5.82. The molecule has 2 N–H and O–H groups in total. The maximum atomic E-state index is 12.1. The molecule has 1 heterocycles. The van der Waals surface area contributed by atoms with Crippen LogP contribution in [0.3, 0.4) is 0 Å². The summed E-state index contributed by atoms with van der Waals surface area (Å²) in [6, 6.07) is 0. The molecule has 5 heteroatoms. The van der Waals surface area contributed by atoms with E-state index in [1.807, 2.05) is 18.7 Å². The monoisotopic (exact) mass is 270 g/mol. The third-order valence-corrected chi connectivity index (χ3v) is 4.33. The van der Waals surface area contributed by atoms with Gasteiger partial charge in [-0.2, -0.15) is 0 Å². The highest BCUT2D eigenvalue weighted by Crippen LogP contribution is 2.17. The Morgan fingerprint density at radius 2 is 1.79 bits per heavy atom. The van der Waals surface area contributed by atoms with E-state index in [4.69, 9.17) is 0 Å². The van der Waals surface area contributed by atoms with Gasteiger partial charge in [-0.15, -0.1) is 0 Å². The number of likely N-dealkylation sites (tertiary alicyclic amines) is 1. The van der Waals surface area contributed by atoms with Gasteiger partial charge in [0.15, 0.2) is 0 Å². The number of rotatable bonds is 6. The minimum Gasteiger partial charge on any atom is -0.480 e. The summed E-state index contributed by atoms with van der Waals surface area (Å²) in [7, 11) is 0. The number of aliphatic carboxylic acids is 1. The zero-order valence-corrected chi connectivity index (χ0v) is 12.2. The van der Waals surface area contributed by atoms with Gasteiger partial charge in [-0.25, -0.2) is 0 Å². The summed E-state index contributed by atoms with van der Waals surface area (Å²) in [6.07, 6.45) is 3.03. The van der Waals surface area contributed by atoms with E-state index in [0.717, 1.165) is 25.9 Å². The van der Waals surface area contributed by atoms with E-state index in [0.29, 0.717) is 18.8 Å². The molecule has 110 valence electrons. The molecule has 0 saturated carbocycles. The second-order valence-electron chi connectivity index (χ2n) is 5.51. The summed E-state index contributed by atoms with van der Waals surface area (Å²) in [5, 5.41) is 12.2. The van der Waals surface area contributed by atoms with Crippen LogP contribution in [0.15, 0.2) is 0 Å². The third-order valence-electron chi connectivity index (χ3n) is 4.33. The fourth-order valence-corrected chi connectivity index (χ4v) is 2.49. The molecule has 19 heavy (non-hydrogen) atoms. The van der Waals surface area contributed by atoms with Crippen LogP contribution in [0.1, 0.15) is 46.5 Å². The van der Waals surface area contributed by atoms with E-state index in [2.05, 4.69) is 12.2 Å². The van der Waals surface area contributed by atoms with Crippen molar-refractivity contribution >= 4 is 11.9 Å². The second kappa shape index (κ2) is 6.89. The quantitative estimate of drug-likeness (QED) is 0.767. The van der Waals surface area contributed by atoms with Crippen LogP contribution in [0.4, 0.5) is 0 Å². The van der Waals surface area contributed by atoms with Crippen molar-refractivity contribution < 1.29 is 14.7 Å². The first kappa shape index (κ1) is 16.0. The minimum absolute atomic E-state index is 0.0134. The van der Waals surface area contributed by atoms with E-state index in [-0.39, 0.29) is 12.5 Å². The molecule has 0 aromatic rings. The van der Waals surface area contributed by atoms with Crippen molar-refractivity contribution in [2.75, 3.05) is 19.6 Å². The second-order valence-corrected chi connectivity index (χ2v) is 5.51. The molecule has 1 rings (SSSR count). The highest BCUT2D eigenvalue weighted by atomic mass is 16.4. The smallest absolute Gasteiger partial charge is 0.323 e. The van der Waals surface area contributed by atoms with Crippen molar-refractivity contribution in [2.45, 2.75) is 52.0 Å². The summed E-state index contributed by atoms with van der Waals surface area (Å²) in [5.41, 5.74) is -0.973. The SMILES string of the molecule is CCC(CC)(NCC(=O)N1CCC(C)CC1)C(=O)O. The van der Waals surface area contributed by atoms with E-state index in [1.165, 1.54) is 0 Å². The third kappa shape index (κ3) is 3.93. The standard InChI is InChI=1S/C14H26N2O3/c1-4-14(5-2,13(18)19)15-10-12(17)16-8-6-11(3)7-9-16/h11,15H,4-10H2,1-3H3,(H,18,19). The van der Waals surface area contributed by atoms with Gasteiger partial charge in [0.25, 0.3) is 0 Å². The van der Waals surface area contributed by atoms with Gasteiger partial charge in [0, 0.05) is 13.1 Å². The zero-order chi connectivity index (χ0) is 14.5. The molecule has 0 spiro atoms. The average molecular weight is 270 g/mol. The molecule has 1 saturated heterocycles. The Morgan fingerprint density at radius 3 is 2.21 bits per heavy atom. The van der Waals surface area contributed by atoms with Crippen LogP contribution in [0, 0.1) is 5.92 Å². The number of carboxylic acids is 1. The van der Waals surface area contributed by atoms with Crippen molar-refractivity contribution in [1.29, 1.82) is 0 Å². The number of hydrogen-bond donors (Lipinski definition) is 2. The van der Waals surface area contributed by atoms with Crippen LogP contribution in [-0.2, 0) is 9.59 Å². The number of piperidine rings is 1. The van der Waals surface area contributed by atoms with Crippen molar-refractivity contribution in [2.24, 2.45) is 5.92 Å². The lowest BCUT2D eigenvalue weighted by Crippen LogP contribution is -2.55. The molecular formula is C14H26N2O3. The van der Waals surface area contributed by atoms with Gasteiger partial charge >= 0.3 is 5.97 Å². The molecule has 1 aliphatic rings. The summed E-state index contributed by atoms with van der Waals surface area (Å²) in [4.78, 5) is 25.2. The van der Waals surface area contributed by atoms with Crippen molar-refractivity contribution in [3.63, 3.8) is 0 Å². The van der Waals surface area contributed by atoms with Crippen LogP contribution in [0.25, 0.3) is 0 Å². The Kier molecular flexibility index (Phi) is 5.79. The molecule has 1 amide bonds.